The molecule has 3 aromatic rings. The first kappa shape index (κ1) is 21.9. The number of aliphatic hydroxyl groups is 1. The number of phenols is 1. The number of aliphatic hydroxyl groups excluding tert-OH is 1. The van der Waals surface area contributed by atoms with Gasteiger partial charge in [0.15, 0.2) is 0 Å². The maximum atomic E-state index is 13.1. The number of nitrogens with one attached hydrogen (secondary N) is 1. The van der Waals surface area contributed by atoms with Crippen molar-refractivity contribution < 1.29 is 19.7 Å². The highest BCUT2D eigenvalue weighted by molar-refractivity contribution is 6.00. The number of β-amino-alcohol motifs (C(OH)–C–C–N with tert-alkyl or cyclic N) is 1. The van der Waals surface area contributed by atoms with Crippen LogP contribution in [0.1, 0.15) is 60.3 Å². The molecule has 3 N–H and O–H groups in total. The lowest BCUT2D eigenvalue weighted by Crippen LogP contribution is -2.32. The van der Waals surface area contributed by atoms with E-state index in [1.54, 1.807) is 23.1 Å². The highest BCUT2D eigenvalue weighted by atomic mass is 16.5. The number of ether oxygens (including phenoxy) is 1. The Morgan fingerprint density at radius 2 is 1.88 bits per heavy atom. The second-order valence-corrected chi connectivity index (χ2v) is 7.98. The van der Waals surface area contributed by atoms with Gasteiger partial charge in [0.2, 0.25) is 0 Å². The molecule has 7 heteroatoms. The van der Waals surface area contributed by atoms with Crippen molar-refractivity contribution in [1.29, 1.82) is 0 Å². The van der Waals surface area contributed by atoms with Crippen molar-refractivity contribution in [3.8, 4) is 22.8 Å². The lowest BCUT2D eigenvalue weighted by Gasteiger charge is -2.25. The molecule has 168 valence electrons. The number of unbranched alkanes of at least 4 members (excludes halogenated alkanes) is 3. The Morgan fingerprint density at radius 3 is 2.59 bits per heavy atom. The fourth-order valence-electron chi connectivity index (χ4n) is 4.23. The van der Waals surface area contributed by atoms with E-state index >= 15 is 0 Å². The predicted octanol–water partition coefficient (Wildman–Crippen LogP) is 4.28. The molecule has 1 unspecified atom stereocenters. The summed E-state index contributed by atoms with van der Waals surface area (Å²) in [5.41, 5.74) is 3.08. The Kier molecular flexibility index (Phi) is 6.75. The summed E-state index contributed by atoms with van der Waals surface area (Å²) in [6.07, 6.45) is 4.59. The van der Waals surface area contributed by atoms with Gasteiger partial charge in [0.05, 0.1) is 19.3 Å². The number of amides is 1. The first-order valence-electron chi connectivity index (χ1n) is 11.2. The number of para-hydroxylation sites is 1. The van der Waals surface area contributed by atoms with Crippen LogP contribution in [-0.2, 0) is 0 Å². The van der Waals surface area contributed by atoms with Crippen molar-refractivity contribution in [2.24, 2.45) is 0 Å². The van der Waals surface area contributed by atoms with E-state index in [0.29, 0.717) is 29.1 Å². The van der Waals surface area contributed by atoms with Crippen molar-refractivity contribution in [2.45, 2.75) is 38.6 Å². The zero-order valence-electron chi connectivity index (χ0n) is 18.3. The largest absolute Gasteiger partial charge is 0.507 e. The third-order valence-corrected chi connectivity index (χ3v) is 5.83. The molecular formula is C25H29N3O4. The van der Waals surface area contributed by atoms with Crippen molar-refractivity contribution in [3.05, 3.63) is 65.4 Å². The second-order valence-electron chi connectivity index (χ2n) is 7.98. The number of rotatable bonds is 10. The number of phenolic OH excluding ortho intramolecular Hbond substituents is 1. The van der Waals surface area contributed by atoms with Crippen LogP contribution in [0.3, 0.4) is 0 Å². The quantitative estimate of drug-likeness (QED) is 0.413. The Morgan fingerprint density at radius 1 is 1.09 bits per heavy atom. The maximum Gasteiger partial charge on any atom is 0.273 e. The SMILES string of the molecule is CCCCCCOc1ccc(C2c3c(-c4ccccc4O)n[nH]c3C(=O)N2CCO)cc1. The molecular weight excluding hydrogens is 406 g/mol. The molecule has 0 saturated heterocycles. The molecule has 0 aliphatic carbocycles. The molecule has 7 nitrogen and oxygen atoms in total. The molecule has 1 amide bonds. The number of aromatic hydroxyl groups is 1. The highest BCUT2D eigenvalue weighted by Gasteiger charge is 2.42. The second kappa shape index (κ2) is 9.87. The number of nitrogens with zero attached hydrogens (tertiary/aromatic N) is 2. The molecule has 0 spiro atoms. The lowest BCUT2D eigenvalue weighted by molar-refractivity contribution is 0.0706. The standard InChI is InChI=1S/C25H29N3O4/c1-2-3-4-7-16-32-18-12-10-17(11-13-18)24-21-22(19-8-5-6-9-20(19)30)26-27-23(21)25(31)28(24)14-15-29/h5-6,8-13,24,29-30H,2-4,7,14-16H2,1H3,(H,26,27). The summed E-state index contributed by atoms with van der Waals surface area (Å²) in [4.78, 5) is 14.7. The van der Waals surface area contributed by atoms with Crippen LogP contribution in [0.4, 0.5) is 0 Å². The van der Waals surface area contributed by atoms with Gasteiger partial charge in [0.25, 0.3) is 5.91 Å². The van der Waals surface area contributed by atoms with Crippen LogP contribution in [0.15, 0.2) is 48.5 Å². The maximum absolute atomic E-state index is 13.1. The summed E-state index contributed by atoms with van der Waals surface area (Å²) in [7, 11) is 0. The molecule has 0 radical (unpaired) electrons. The number of aromatic amines is 1. The van der Waals surface area contributed by atoms with E-state index in [9.17, 15) is 15.0 Å². The van der Waals surface area contributed by atoms with Crippen molar-refractivity contribution in [2.75, 3.05) is 19.8 Å². The van der Waals surface area contributed by atoms with Gasteiger partial charge in [-0.15, -0.1) is 0 Å². The Hall–Kier alpha value is -3.32. The smallest absolute Gasteiger partial charge is 0.273 e. The number of carbonyl (C=O) groups excluding carboxylic acids is 1. The number of hydrogen-bond donors (Lipinski definition) is 3. The number of aromatic nitrogens is 2. The fourth-order valence-corrected chi connectivity index (χ4v) is 4.23. The molecule has 2 aromatic carbocycles. The van der Waals surface area contributed by atoms with Crippen LogP contribution < -0.4 is 4.74 Å². The first-order chi connectivity index (χ1) is 15.7. The van der Waals surface area contributed by atoms with E-state index in [4.69, 9.17) is 4.74 Å². The van der Waals surface area contributed by atoms with E-state index < -0.39 is 6.04 Å². The molecule has 0 bridgehead atoms. The van der Waals surface area contributed by atoms with Gasteiger partial charge < -0.3 is 19.8 Å². The average molecular weight is 436 g/mol. The van der Waals surface area contributed by atoms with E-state index in [1.807, 2.05) is 30.3 Å². The van der Waals surface area contributed by atoms with Crippen LogP contribution in [0, 0.1) is 0 Å². The van der Waals surface area contributed by atoms with Crippen molar-refractivity contribution in [3.63, 3.8) is 0 Å². The highest BCUT2D eigenvalue weighted by Crippen LogP contribution is 2.44. The predicted molar refractivity (Wildman–Crippen MR) is 122 cm³/mol. The number of fused-ring (bicyclic) bond motifs is 1. The summed E-state index contributed by atoms with van der Waals surface area (Å²) in [5.74, 6) is 0.668. The molecule has 1 atom stereocenters. The number of hydrogen-bond acceptors (Lipinski definition) is 5. The van der Waals surface area contributed by atoms with Crippen LogP contribution in [0.2, 0.25) is 0 Å². The zero-order valence-corrected chi connectivity index (χ0v) is 18.3. The molecule has 2 heterocycles. The third-order valence-electron chi connectivity index (χ3n) is 5.83. The molecule has 4 rings (SSSR count). The lowest BCUT2D eigenvalue weighted by atomic mass is 9.95. The molecule has 0 fully saturated rings. The van der Waals surface area contributed by atoms with Gasteiger partial charge in [-0.2, -0.15) is 5.10 Å². The number of carbonyl (C=O) groups is 1. The van der Waals surface area contributed by atoms with Gasteiger partial charge in [0.1, 0.15) is 22.9 Å². The summed E-state index contributed by atoms with van der Waals surface area (Å²) in [6.45, 7) is 2.91. The van der Waals surface area contributed by atoms with E-state index in [2.05, 4.69) is 17.1 Å². The molecule has 1 aromatic heterocycles. The van der Waals surface area contributed by atoms with Gasteiger partial charge in [-0.05, 0) is 36.2 Å². The Balaban J connectivity index is 1.64. The van der Waals surface area contributed by atoms with Gasteiger partial charge in [-0.25, -0.2) is 0 Å². The average Bonchev–Trinajstić information content (AvgIpc) is 3.34. The number of benzene rings is 2. The van der Waals surface area contributed by atoms with Crippen LogP contribution in [0.25, 0.3) is 11.3 Å². The summed E-state index contributed by atoms with van der Waals surface area (Å²) in [6, 6.07) is 14.2. The molecule has 1 aliphatic heterocycles. The fraction of sp³-hybridized carbons (Fsp3) is 0.360. The van der Waals surface area contributed by atoms with Crippen LogP contribution in [0.5, 0.6) is 11.5 Å². The normalized spacial score (nSPS) is 15.2. The minimum Gasteiger partial charge on any atom is -0.507 e. The molecule has 1 aliphatic rings. The van der Waals surface area contributed by atoms with Gasteiger partial charge in [-0.3, -0.25) is 9.89 Å². The van der Waals surface area contributed by atoms with Gasteiger partial charge >= 0.3 is 0 Å². The summed E-state index contributed by atoms with van der Waals surface area (Å²) < 4.78 is 5.86. The van der Waals surface area contributed by atoms with E-state index in [-0.39, 0.29) is 24.8 Å². The van der Waals surface area contributed by atoms with E-state index in [1.165, 1.54) is 12.8 Å². The third kappa shape index (κ3) is 4.21. The van der Waals surface area contributed by atoms with E-state index in [0.717, 1.165) is 24.2 Å². The first-order valence-corrected chi connectivity index (χ1v) is 11.2. The van der Waals surface area contributed by atoms with Gasteiger partial charge in [0, 0.05) is 17.7 Å². The monoisotopic (exact) mass is 435 g/mol. The number of H-pyrrole nitrogens is 1. The van der Waals surface area contributed by atoms with Crippen molar-refractivity contribution >= 4 is 5.91 Å². The van der Waals surface area contributed by atoms with Crippen molar-refractivity contribution in [1.82, 2.24) is 15.1 Å². The topological polar surface area (TPSA) is 98.7 Å². The van der Waals surface area contributed by atoms with Crippen LogP contribution >= 0.6 is 0 Å². The summed E-state index contributed by atoms with van der Waals surface area (Å²) in [5, 5.41) is 27.1. The Bertz CT molecular complexity index is 1060. The Labute approximate surface area is 187 Å². The molecule has 32 heavy (non-hydrogen) atoms. The summed E-state index contributed by atoms with van der Waals surface area (Å²) >= 11 is 0. The zero-order chi connectivity index (χ0) is 22.5. The minimum absolute atomic E-state index is 0.0976. The van der Waals surface area contributed by atoms with Crippen LogP contribution in [-0.4, -0.2) is 51.0 Å². The van der Waals surface area contributed by atoms with Gasteiger partial charge in [-0.1, -0.05) is 50.5 Å². The molecule has 0 saturated carbocycles. The minimum atomic E-state index is -0.420.